The van der Waals surface area contributed by atoms with E-state index < -0.39 is 5.97 Å². The maximum absolute atomic E-state index is 11.4. The fraction of sp³-hybridized carbons (Fsp3) is 0.188. The average molecular weight is 286 g/mol. The molecule has 0 bridgehead atoms. The van der Waals surface area contributed by atoms with Crippen LogP contribution in [0, 0.1) is 0 Å². The number of fused-ring (bicyclic) bond motifs is 1. The van der Waals surface area contributed by atoms with Gasteiger partial charge in [0.2, 0.25) is 0 Å². The highest BCUT2D eigenvalue weighted by molar-refractivity contribution is 5.94. The maximum atomic E-state index is 11.4. The second kappa shape index (κ2) is 5.36. The zero-order chi connectivity index (χ0) is 14.8. The average Bonchev–Trinajstić information content (AvgIpc) is 2.53. The summed E-state index contributed by atoms with van der Waals surface area (Å²) in [4.78, 5) is 11.4. The van der Waals surface area contributed by atoms with Crippen molar-refractivity contribution in [3.63, 3.8) is 0 Å². The molecule has 1 aliphatic heterocycles. The number of hydrogen-bond donors (Lipinski definition) is 1. The summed E-state index contributed by atoms with van der Waals surface area (Å²) in [7, 11) is 1.59. The van der Waals surface area contributed by atoms with Crippen LogP contribution in [0.2, 0.25) is 0 Å². The number of aromatic carboxylic acids is 1. The Balaban J connectivity index is 2.14. The van der Waals surface area contributed by atoms with Crippen molar-refractivity contribution in [2.75, 3.05) is 20.3 Å². The third-order valence-corrected chi connectivity index (χ3v) is 3.28. The predicted molar refractivity (Wildman–Crippen MR) is 76.4 cm³/mol. The Bertz CT molecular complexity index is 693. The summed E-state index contributed by atoms with van der Waals surface area (Å²) in [6, 6.07) is 10.8. The number of hydrogen-bond acceptors (Lipinski definition) is 4. The van der Waals surface area contributed by atoms with Gasteiger partial charge in [0.1, 0.15) is 24.5 Å². The number of ether oxygens (including phenoxy) is 3. The summed E-state index contributed by atoms with van der Waals surface area (Å²) >= 11 is 0. The monoisotopic (exact) mass is 286 g/mol. The lowest BCUT2D eigenvalue weighted by atomic mass is 10.0. The fourth-order valence-electron chi connectivity index (χ4n) is 2.28. The number of carboxylic acid groups (broad SMARTS) is 1. The first kappa shape index (κ1) is 13.3. The molecule has 0 aliphatic carbocycles. The zero-order valence-electron chi connectivity index (χ0n) is 11.5. The van der Waals surface area contributed by atoms with Gasteiger partial charge < -0.3 is 19.3 Å². The summed E-state index contributed by atoms with van der Waals surface area (Å²) < 4.78 is 16.1. The van der Waals surface area contributed by atoms with Gasteiger partial charge in [-0.3, -0.25) is 0 Å². The lowest BCUT2D eigenvalue weighted by molar-refractivity contribution is 0.0686. The molecule has 2 aromatic rings. The van der Waals surface area contributed by atoms with E-state index in [0.717, 1.165) is 11.1 Å². The van der Waals surface area contributed by atoms with Crippen LogP contribution in [0.15, 0.2) is 36.4 Å². The van der Waals surface area contributed by atoms with Crippen LogP contribution >= 0.6 is 0 Å². The summed E-state index contributed by atoms with van der Waals surface area (Å²) in [5.74, 6) is 0.417. The Labute approximate surface area is 121 Å². The fourth-order valence-corrected chi connectivity index (χ4v) is 2.28. The number of carbonyl (C=O) groups is 1. The van der Waals surface area contributed by atoms with Gasteiger partial charge in [-0.1, -0.05) is 12.1 Å². The van der Waals surface area contributed by atoms with Gasteiger partial charge in [-0.15, -0.1) is 0 Å². The third kappa shape index (κ3) is 2.50. The molecule has 0 saturated carbocycles. The van der Waals surface area contributed by atoms with E-state index in [0.29, 0.717) is 30.5 Å². The molecular formula is C16H14O5. The standard InChI is InChI=1S/C16H14O5/c1-19-12-4-2-3-10(7-12)11-8-13(16(17)18)15-14(9-11)20-5-6-21-15/h2-4,7-9H,5-6H2,1H3,(H,17,18). The predicted octanol–water partition coefficient (Wildman–Crippen LogP) is 2.83. The highest BCUT2D eigenvalue weighted by atomic mass is 16.6. The quantitative estimate of drug-likeness (QED) is 0.940. The van der Waals surface area contributed by atoms with E-state index in [1.54, 1.807) is 19.2 Å². The molecule has 1 heterocycles. The zero-order valence-corrected chi connectivity index (χ0v) is 11.5. The first-order valence-corrected chi connectivity index (χ1v) is 6.50. The van der Waals surface area contributed by atoms with E-state index in [2.05, 4.69) is 0 Å². The minimum Gasteiger partial charge on any atom is -0.497 e. The van der Waals surface area contributed by atoms with E-state index in [1.807, 2.05) is 24.3 Å². The number of methoxy groups -OCH3 is 1. The summed E-state index contributed by atoms with van der Waals surface area (Å²) in [6.07, 6.45) is 0. The molecule has 5 nitrogen and oxygen atoms in total. The molecule has 3 rings (SSSR count). The molecule has 2 aromatic carbocycles. The Morgan fingerprint density at radius 2 is 1.95 bits per heavy atom. The molecule has 0 spiro atoms. The molecule has 0 radical (unpaired) electrons. The van der Waals surface area contributed by atoms with Crippen LogP contribution in [0.5, 0.6) is 17.2 Å². The van der Waals surface area contributed by atoms with E-state index >= 15 is 0 Å². The van der Waals surface area contributed by atoms with E-state index in [9.17, 15) is 9.90 Å². The smallest absolute Gasteiger partial charge is 0.339 e. The summed E-state index contributed by atoms with van der Waals surface area (Å²) in [6.45, 7) is 0.763. The van der Waals surface area contributed by atoms with Gasteiger partial charge in [-0.25, -0.2) is 4.79 Å². The maximum Gasteiger partial charge on any atom is 0.339 e. The van der Waals surface area contributed by atoms with Crippen LogP contribution in [0.4, 0.5) is 0 Å². The Morgan fingerprint density at radius 1 is 1.14 bits per heavy atom. The van der Waals surface area contributed by atoms with E-state index in [-0.39, 0.29) is 5.56 Å². The second-order valence-corrected chi connectivity index (χ2v) is 4.59. The van der Waals surface area contributed by atoms with E-state index in [1.165, 1.54) is 0 Å². The van der Waals surface area contributed by atoms with Gasteiger partial charge in [0.15, 0.2) is 11.5 Å². The van der Waals surface area contributed by atoms with Crippen molar-refractivity contribution in [3.8, 4) is 28.4 Å². The minimum absolute atomic E-state index is 0.102. The number of rotatable bonds is 3. The Morgan fingerprint density at radius 3 is 2.71 bits per heavy atom. The van der Waals surface area contributed by atoms with Gasteiger partial charge >= 0.3 is 5.97 Å². The normalized spacial score (nSPS) is 12.8. The Hall–Kier alpha value is -2.69. The van der Waals surface area contributed by atoms with Gasteiger partial charge in [0.25, 0.3) is 0 Å². The molecule has 5 heteroatoms. The largest absolute Gasteiger partial charge is 0.497 e. The van der Waals surface area contributed by atoms with Crippen LogP contribution < -0.4 is 14.2 Å². The number of carboxylic acids is 1. The first-order valence-electron chi connectivity index (χ1n) is 6.50. The van der Waals surface area contributed by atoms with Crippen molar-refractivity contribution >= 4 is 5.97 Å². The van der Waals surface area contributed by atoms with Crippen molar-refractivity contribution in [2.24, 2.45) is 0 Å². The van der Waals surface area contributed by atoms with Crippen LogP contribution in [0.1, 0.15) is 10.4 Å². The molecule has 0 atom stereocenters. The van der Waals surface area contributed by atoms with Crippen molar-refractivity contribution in [2.45, 2.75) is 0 Å². The minimum atomic E-state index is -1.04. The van der Waals surface area contributed by atoms with Crippen molar-refractivity contribution in [3.05, 3.63) is 42.0 Å². The number of benzene rings is 2. The van der Waals surface area contributed by atoms with Crippen LogP contribution in [-0.4, -0.2) is 31.4 Å². The molecule has 0 amide bonds. The highest BCUT2D eigenvalue weighted by Crippen LogP contribution is 2.38. The topological polar surface area (TPSA) is 65.0 Å². The molecular weight excluding hydrogens is 272 g/mol. The molecule has 0 saturated heterocycles. The van der Waals surface area contributed by atoms with E-state index in [4.69, 9.17) is 14.2 Å². The lowest BCUT2D eigenvalue weighted by Gasteiger charge is -2.21. The van der Waals surface area contributed by atoms with Gasteiger partial charge in [-0.2, -0.15) is 0 Å². The molecule has 1 aliphatic rings. The molecule has 0 unspecified atom stereocenters. The molecule has 21 heavy (non-hydrogen) atoms. The third-order valence-electron chi connectivity index (χ3n) is 3.28. The van der Waals surface area contributed by atoms with Crippen molar-refractivity contribution in [1.29, 1.82) is 0 Å². The molecule has 1 N–H and O–H groups in total. The second-order valence-electron chi connectivity index (χ2n) is 4.59. The van der Waals surface area contributed by atoms with Gasteiger partial charge in [0, 0.05) is 0 Å². The molecule has 0 fully saturated rings. The molecule has 0 aromatic heterocycles. The summed E-state index contributed by atoms with van der Waals surface area (Å²) in [5.41, 5.74) is 1.70. The Kier molecular flexibility index (Phi) is 3.39. The highest BCUT2D eigenvalue weighted by Gasteiger charge is 2.22. The van der Waals surface area contributed by atoms with Crippen LogP contribution in [-0.2, 0) is 0 Å². The van der Waals surface area contributed by atoms with Gasteiger partial charge in [0.05, 0.1) is 7.11 Å². The van der Waals surface area contributed by atoms with Crippen molar-refractivity contribution in [1.82, 2.24) is 0 Å². The SMILES string of the molecule is COc1cccc(-c2cc3c(c(C(=O)O)c2)OCCO3)c1. The summed E-state index contributed by atoms with van der Waals surface area (Å²) in [5, 5.41) is 9.35. The molecule has 108 valence electrons. The van der Waals surface area contributed by atoms with Gasteiger partial charge in [-0.05, 0) is 35.4 Å². The van der Waals surface area contributed by atoms with Crippen LogP contribution in [0.3, 0.4) is 0 Å². The first-order chi connectivity index (χ1) is 10.2. The lowest BCUT2D eigenvalue weighted by Crippen LogP contribution is -2.18. The van der Waals surface area contributed by atoms with Crippen molar-refractivity contribution < 1.29 is 24.1 Å². The van der Waals surface area contributed by atoms with Crippen LogP contribution in [0.25, 0.3) is 11.1 Å².